The standard InChI is InChI=1S/C19H21N3O3S2/c23-16(21-19-14(7-10-27-19)18(25)20-13-1-2-13)3-4-17(24)22-8-5-15-12(11-22)6-9-26-15/h6-7,9-10,13H,1-5,8,11H2,(H,20,25)(H,21,23). The summed E-state index contributed by atoms with van der Waals surface area (Å²) in [6, 6.07) is 4.05. The normalized spacial score (nSPS) is 15.9. The van der Waals surface area contributed by atoms with E-state index in [0.717, 1.165) is 19.3 Å². The van der Waals surface area contributed by atoms with Gasteiger partial charge in [0.05, 0.1) is 5.56 Å². The van der Waals surface area contributed by atoms with Gasteiger partial charge in [-0.2, -0.15) is 0 Å². The molecular weight excluding hydrogens is 382 g/mol. The molecule has 0 aromatic carbocycles. The number of fused-ring (bicyclic) bond motifs is 1. The smallest absolute Gasteiger partial charge is 0.254 e. The number of nitrogens with one attached hydrogen (secondary N) is 2. The molecule has 0 unspecified atom stereocenters. The molecule has 2 aromatic heterocycles. The number of rotatable bonds is 6. The Hall–Kier alpha value is -2.19. The fraction of sp³-hybridized carbons (Fsp3) is 0.421. The minimum atomic E-state index is -0.237. The first kappa shape index (κ1) is 18.2. The van der Waals surface area contributed by atoms with Gasteiger partial charge in [-0.3, -0.25) is 14.4 Å². The Balaban J connectivity index is 1.27. The summed E-state index contributed by atoms with van der Waals surface area (Å²) in [4.78, 5) is 40.1. The summed E-state index contributed by atoms with van der Waals surface area (Å²) in [5.74, 6) is -0.385. The molecule has 8 heteroatoms. The van der Waals surface area contributed by atoms with Crippen molar-refractivity contribution in [3.05, 3.63) is 38.9 Å². The highest BCUT2D eigenvalue weighted by atomic mass is 32.1. The molecule has 1 saturated carbocycles. The molecule has 27 heavy (non-hydrogen) atoms. The van der Waals surface area contributed by atoms with Gasteiger partial charge in [-0.15, -0.1) is 22.7 Å². The van der Waals surface area contributed by atoms with E-state index >= 15 is 0 Å². The van der Waals surface area contributed by atoms with E-state index in [2.05, 4.69) is 22.1 Å². The van der Waals surface area contributed by atoms with E-state index in [1.54, 1.807) is 22.8 Å². The van der Waals surface area contributed by atoms with Crippen LogP contribution in [-0.4, -0.2) is 35.2 Å². The molecule has 2 aliphatic rings. The van der Waals surface area contributed by atoms with E-state index in [4.69, 9.17) is 0 Å². The molecule has 0 radical (unpaired) electrons. The van der Waals surface area contributed by atoms with E-state index in [0.29, 0.717) is 23.7 Å². The van der Waals surface area contributed by atoms with E-state index in [1.807, 2.05) is 4.90 Å². The zero-order chi connectivity index (χ0) is 18.8. The molecule has 0 atom stereocenters. The number of carbonyl (C=O) groups excluding carboxylic acids is 3. The number of anilines is 1. The SMILES string of the molecule is O=C(CCC(=O)N1CCc2sccc2C1)Nc1sccc1C(=O)NC1CC1. The highest BCUT2D eigenvalue weighted by Gasteiger charge is 2.26. The van der Waals surface area contributed by atoms with E-state index in [1.165, 1.54) is 21.8 Å². The zero-order valence-corrected chi connectivity index (χ0v) is 16.5. The maximum atomic E-state index is 12.4. The van der Waals surface area contributed by atoms with Gasteiger partial charge in [-0.25, -0.2) is 0 Å². The molecule has 6 nitrogen and oxygen atoms in total. The number of carbonyl (C=O) groups is 3. The average Bonchev–Trinajstić information content (AvgIpc) is 3.16. The van der Waals surface area contributed by atoms with Crippen molar-refractivity contribution in [2.45, 2.75) is 44.7 Å². The van der Waals surface area contributed by atoms with Crippen LogP contribution in [0.25, 0.3) is 0 Å². The Labute approximate surface area is 165 Å². The lowest BCUT2D eigenvalue weighted by molar-refractivity contribution is -0.133. The highest BCUT2D eigenvalue weighted by molar-refractivity contribution is 7.14. The molecule has 1 aliphatic carbocycles. The molecule has 0 spiro atoms. The summed E-state index contributed by atoms with van der Waals surface area (Å²) in [6.45, 7) is 1.35. The van der Waals surface area contributed by atoms with E-state index in [9.17, 15) is 14.4 Å². The first-order valence-corrected chi connectivity index (χ1v) is 10.9. The Morgan fingerprint density at radius 3 is 2.74 bits per heavy atom. The van der Waals surface area contributed by atoms with Crippen molar-refractivity contribution in [1.29, 1.82) is 0 Å². The maximum Gasteiger partial charge on any atom is 0.254 e. The summed E-state index contributed by atoms with van der Waals surface area (Å²) < 4.78 is 0. The van der Waals surface area contributed by atoms with Crippen LogP contribution in [0.5, 0.6) is 0 Å². The monoisotopic (exact) mass is 403 g/mol. The van der Waals surface area contributed by atoms with Crippen LogP contribution in [0, 0.1) is 0 Å². The van der Waals surface area contributed by atoms with Crippen LogP contribution in [0.15, 0.2) is 22.9 Å². The average molecular weight is 404 g/mol. The van der Waals surface area contributed by atoms with Crippen molar-refractivity contribution in [3.63, 3.8) is 0 Å². The summed E-state index contributed by atoms with van der Waals surface area (Å²) >= 11 is 3.06. The van der Waals surface area contributed by atoms with Crippen LogP contribution >= 0.6 is 22.7 Å². The number of thiophene rings is 2. The first-order chi connectivity index (χ1) is 13.1. The van der Waals surface area contributed by atoms with Crippen molar-refractivity contribution in [2.75, 3.05) is 11.9 Å². The second-order valence-electron chi connectivity index (χ2n) is 6.89. The number of hydrogen-bond donors (Lipinski definition) is 2. The molecule has 3 amide bonds. The predicted octanol–water partition coefficient (Wildman–Crippen LogP) is 3.01. The van der Waals surface area contributed by atoms with E-state index < -0.39 is 0 Å². The van der Waals surface area contributed by atoms with Gasteiger partial charge in [0.1, 0.15) is 5.00 Å². The minimum absolute atomic E-state index is 0.000112. The van der Waals surface area contributed by atoms with Crippen LogP contribution < -0.4 is 10.6 Å². The summed E-state index contributed by atoms with van der Waals surface area (Å²) in [5.41, 5.74) is 1.71. The zero-order valence-electron chi connectivity index (χ0n) is 14.8. The van der Waals surface area contributed by atoms with Crippen molar-refractivity contribution in [3.8, 4) is 0 Å². The second kappa shape index (κ2) is 7.82. The van der Waals surface area contributed by atoms with Crippen molar-refractivity contribution < 1.29 is 14.4 Å². The molecule has 2 N–H and O–H groups in total. The van der Waals surface area contributed by atoms with Gasteiger partial charge in [0.15, 0.2) is 0 Å². The number of hydrogen-bond acceptors (Lipinski definition) is 5. The fourth-order valence-electron chi connectivity index (χ4n) is 3.10. The molecule has 1 aliphatic heterocycles. The van der Waals surface area contributed by atoms with Crippen LogP contribution in [0.4, 0.5) is 5.00 Å². The van der Waals surface area contributed by atoms with Gasteiger partial charge in [-0.1, -0.05) is 0 Å². The van der Waals surface area contributed by atoms with Gasteiger partial charge in [-0.05, 0) is 47.7 Å². The van der Waals surface area contributed by atoms with E-state index in [-0.39, 0.29) is 36.6 Å². The van der Waals surface area contributed by atoms with Gasteiger partial charge in [0.25, 0.3) is 5.91 Å². The Morgan fingerprint density at radius 1 is 1.11 bits per heavy atom. The topological polar surface area (TPSA) is 78.5 Å². The van der Waals surface area contributed by atoms with Crippen molar-refractivity contribution in [2.24, 2.45) is 0 Å². The quantitative estimate of drug-likeness (QED) is 0.778. The van der Waals surface area contributed by atoms with Gasteiger partial charge in [0, 0.05) is 36.9 Å². The lowest BCUT2D eigenvalue weighted by atomic mass is 10.1. The number of nitrogens with zero attached hydrogens (tertiary/aromatic N) is 1. The Morgan fingerprint density at radius 2 is 1.93 bits per heavy atom. The molecule has 4 rings (SSSR count). The van der Waals surface area contributed by atoms with Crippen molar-refractivity contribution in [1.82, 2.24) is 10.2 Å². The molecule has 0 saturated heterocycles. The number of amides is 3. The summed E-state index contributed by atoms with van der Waals surface area (Å²) in [5, 5.41) is 10.1. The highest BCUT2D eigenvalue weighted by Crippen LogP contribution is 2.26. The summed E-state index contributed by atoms with van der Waals surface area (Å²) in [6.07, 6.45) is 3.22. The van der Waals surface area contributed by atoms with Crippen LogP contribution in [-0.2, 0) is 22.6 Å². The predicted molar refractivity (Wildman–Crippen MR) is 106 cm³/mol. The molecule has 142 valence electrons. The van der Waals surface area contributed by atoms with Crippen LogP contribution in [0.1, 0.15) is 46.5 Å². The third-order valence-electron chi connectivity index (χ3n) is 4.80. The van der Waals surface area contributed by atoms with Crippen molar-refractivity contribution >= 4 is 45.4 Å². The maximum absolute atomic E-state index is 12.4. The lowest BCUT2D eigenvalue weighted by Gasteiger charge is -2.27. The summed E-state index contributed by atoms with van der Waals surface area (Å²) in [7, 11) is 0. The minimum Gasteiger partial charge on any atom is -0.349 e. The second-order valence-corrected chi connectivity index (χ2v) is 8.81. The largest absolute Gasteiger partial charge is 0.349 e. The molecule has 0 bridgehead atoms. The molecular formula is C19H21N3O3S2. The third-order valence-corrected chi connectivity index (χ3v) is 6.65. The van der Waals surface area contributed by atoms with Gasteiger partial charge in [0.2, 0.25) is 11.8 Å². The lowest BCUT2D eigenvalue weighted by Crippen LogP contribution is -2.35. The molecule has 2 aromatic rings. The first-order valence-electron chi connectivity index (χ1n) is 9.11. The Bertz CT molecular complexity index is 869. The van der Waals surface area contributed by atoms with Crippen LogP contribution in [0.3, 0.4) is 0 Å². The van der Waals surface area contributed by atoms with Crippen LogP contribution in [0.2, 0.25) is 0 Å². The van der Waals surface area contributed by atoms with Gasteiger partial charge < -0.3 is 15.5 Å². The molecule has 3 heterocycles. The molecule has 1 fully saturated rings. The third kappa shape index (κ3) is 4.39. The fourth-order valence-corrected chi connectivity index (χ4v) is 4.80. The van der Waals surface area contributed by atoms with Gasteiger partial charge >= 0.3 is 0 Å². The Kier molecular flexibility index (Phi) is 5.27.